The van der Waals surface area contributed by atoms with E-state index >= 15 is 0 Å². The van der Waals surface area contributed by atoms with Crippen molar-refractivity contribution >= 4 is 50.7 Å². The Balaban J connectivity index is 1.90. The van der Waals surface area contributed by atoms with Gasteiger partial charge in [-0.3, -0.25) is 0 Å². The van der Waals surface area contributed by atoms with Crippen molar-refractivity contribution in [3.63, 3.8) is 0 Å². The SMILES string of the molecule is ClCc1cc(Cl)cc(Cl)c1OCCOc1ccc(Br)cc1. The highest BCUT2D eigenvalue weighted by Gasteiger charge is 2.10. The second-order valence-electron chi connectivity index (χ2n) is 4.16. The molecular formula is C15H12BrCl3O2. The molecule has 0 saturated heterocycles. The normalized spacial score (nSPS) is 10.5. The van der Waals surface area contributed by atoms with Gasteiger partial charge in [-0.2, -0.15) is 0 Å². The van der Waals surface area contributed by atoms with Crippen molar-refractivity contribution < 1.29 is 9.47 Å². The van der Waals surface area contributed by atoms with Crippen LogP contribution in [0, 0.1) is 0 Å². The molecular weight excluding hydrogens is 398 g/mol. The van der Waals surface area contributed by atoms with Gasteiger partial charge < -0.3 is 9.47 Å². The second-order valence-corrected chi connectivity index (χ2v) is 6.19. The summed E-state index contributed by atoms with van der Waals surface area (Å²) >= 11 is 21.3. The van der Waals surface area contributed by atoms with Gasteiger partial charge in [0.2, 0.25) is 0 Å². The third-order valence-electron chi connectivity index (χ3n) is 2.64. The van der Waals surface area contributed by atoms with E-state index in [4.69, 9.17) is 44.3 Å². The molecule has 2 rings (SSSR count). The number of halogens is 4. The van der Waals surface area contributed by atoms with E-state index in [0.717, 1.165) is 15.8 Å². The van der Waals surface area contributed by atoms with Gasteiger partial charge in [-0.15, -0.1) is 11.6 Å². The van der Waals surface area contributed by atoms with E-state index in [1.54, 1.807) is 12.1 Å². The highest BCUT2D eigenvalue weighted by atomic mass is 79.9. The average molecular weight is 411 g/mol. The summed E-state index contributed by atoms with van der Waals surface area (Å²) in [4.78, 5) is 0. The van der Waals surface area contributed by atoms with Crippen molar-refractivity contribution in [3.05, 3.63) is 56.5 Å². The molecule has 2 aromatic carbocycles. The molecule has 2 aromatic rings. The van der Waals surface area contributed by atoms with Crippen LogP contribution in [0.3, 0.4) is 0 Å². The minimum atomic E-state index is 0.281. The molecule has 0 aromatic heterocycles. The molecule has 0 saturated carbocycles. The first-order chi connectivity index (χ1) is 10.1. The first-order valence-corrected chi connectivity index (χ1v) is 8.23. The molecule has 21 heavy (non-hydrogen) atoms. The zero-order valence-corrected chi connectivity index (χ0v) is 14.8. The molecule has 0 spiro atoms. The minimum Gasteiger partial charge on any atom is -0.490 e. The molecule has 0 aliphatic heterocycles. The number of benzene rings is 2. The number of ether oxygens (including phenoxy) is 2. The van der Waals surface area contributed by atoms with Crippen molar-refractivity contribution in [1.29, 1.82) is 0 Å². The summed E-state index contributed by atoms with van der Waals surface area (Å²) < 4.78 is 12.2. The highest BCUT2D eigenvalue weighted by molar-refractivity contribution is 9.10. The summed E-state index contributed by atoms with van der Waals surface area (Å²) in [5.74, 6) is 1.61. The maximum Gasteiger partial charge on any atom is 0.142 e. The van der Waals surface area contributed by atoms with Crippen LogP contribution in [-0.2, 0) is 5.88 Å². The van der Waals surface area contributed by atoms with E-state index in [1.807, 2.05) is 24.3 Å². The molecule has 0 aliphatic carbocycles. The Hall–Kier alpha value is -0.610. The smallest absolute Gasteiger partial charge is 0.142 e. The first kappa shape index (κ1) is 16.8. The lowest BCUT2D eigenvalue weighted by Gasteiger charge is -2.13. The van der Waals surface area contributed by atoms with Crippen LogP contribution in [0.1, 0.15) is 5.56 Å². The van der Waals surface area contributed by atoms with E-state index in [2.05, 4.69) is 15.9 Å². The molecule has 0 aliphatic rings. The van der Waals surface area contributed by atoms with Crippen molar-refractivity contribution in [2.45, 2.75) is 5.88 Å². The standard InChI is InChI=1S/C15H12BrCl3O2/c16-11-1-3-13(4-2-11)20-5-6-21-15-10(9-17)7-12(18)8-14(15)19/h1-4,7-8H,5-6,9H2. The summed E-state index contributed by atoms with van der Waals surface area (Å²) in [6.07, 6.45) is 0. The summed E-state index contributed by atoms with van der Waals surface area (Å²) in [5.41, 5.74) is 0.762. The zero-order valence-electron chi connectivity index (χ0n) is 10.9. The second kappa shape index (κ2) is 8.14. The number of hydrogen-bond acceptors (Lipinski definition) is 2. The van der Waals surface area contributed by atoms with Crippen LogP contribution in [0.15, 0.2) is 40.9 Å². The Morgan fingerprint density at radius 1 is 0.952 bits per heavy atom. The third kappa shape index (κ3) is 4.96. The molecule has 0 heterocycles. The monoisotopic (exact) mass is 408 g/mol. The Bertz CT molecular complexity index is 603. The molecule has 0 atom stereocenters. The van der Waals surface area contributed by atoms with Gasteiger partial charge in [0.05, 0.1) is 10.9 Å². The molecule has 0 radical (unpaired) electrons. The molecule has 0 bridgehead atoms. The van der Waals surface area contributed by atoms with Gasteiger partial charge in [0.25, 0.3) is 0 Å². The van der Waals surface area contributed by atoms with Crippen LogP contribution in [0.25, 0.3) is 0 Å². The van der Waals surface area contributed by atoms with Gasteiger partial charge in [0.15, 0.2) is 0 Å². The lowest BCUT2D eigenvalue weighted by atomic mass is 10.2. The van der Waals surface area contributed by atoms with Crippen molar-refractivity contribution in [2.24, 2.45) is 0 Å². The van der Waals surface area contributed by atoms with Crippen LogP contribution in [-0.4, -0.2) is 13.2 Å². The van der Waals surface area contributed by atoms with Crippen LogP contribution in [0.5, 0.6) is 11.5 Å². The fourth-order valence-electron chi connectivity index (χ4n) is 1.71. The molecule has 0 fully saturated rings. The van der Waals surface area contributed by atoms with Crippen LogP contribution in [0.4, 0.5) is 0 Å². The topological polar surface area (TPSA) is 18.5 Å². The predicted octanol–water partition coefficient (Wildman–Crippen LogP) is 5.95. The van der Waals surface area contributed by atoms with Crippen LogP contribution >= 0.6 is 50.7 Å². The van der Waals surface area contributed by atoms with E-state index in [0.29, 0.717) is 29.0 Å². The van der Waals surface area contributed by atoms with E-state index < -0.39 is 0 Å². The molecule has 112 valence electrons. The van der Waals surface area contributed by atoms with Gasteiger partial charge in [-0.1, -0.05) is 39.1 Å². The van der Waals surface area contributed by atoms with Gasteiger partial charge in [0, 0.05) is 15.1 Å². The molecule has 0 unspecified atom stereocenters. The summed E-state index contributed by atoms with van der Waals surface area (Å²) in [7, 11) is 0. The van der Waals surface area contributed by atoms with Crippen molar-refractivity contribution in [3.8, 4) is 11.5 Å². The zero-order chi connectivity index (χ0) is 15.2. The Kier molecular flexibility index (Phi) is 6.49. The molecule has 6 heteroatoms. The van der Waals surface area contributed by atoms with Crippen LogP contribution in [0.2, 0.25) is 10.0 Å². The molecule has 0 amide bonds. The Morgan fingerprint density at radius 2 is 1.62 bits per heavy atom. The minimum absolute atomic E-state index is 0.281. The lowest BCUT2D eigenvalue weighted by molar-refractivity contribution is 0.216. The third-order valence-corrected chi connectivity index (χ3v) is 3.96. The number of alkyl halides is 1. The van der Waals surface area contributed by atoms with Gasteiger partial charge in [-0.05, 0) is 36.4 Å². The van der Waals surface area contributed by atoms with E-state index in [-0.39, 0.29) is 5.88 Å². The predicted molar refractivity (Wildman–Crippen MR) is 91.2 cm³/mol. The van der Waals surface area contributed by atoms with E-state index in [9.17, 15) is 0 Å². The summed E-state index contributed by atoms with van der Waals surface area (Å²) in [6.45, 7) is 0.767. The van der Waals surface area contributed by atoms with Crippen LogP contribution < -0.4 is 9.47 Å². The van der Waals surface area contributed by atoms with Crippen molar-refractivity contribution in [1.82, 2.24) is 0 Å². The maximum atomic E-state index is 6.11. The number of rotatable bonds is 6. The maximum absolute atomic E-state index is 6.11. The van der Waals surface area contributed by atoms with E-state index in [1.165, 1.54) is 0 Å². The first-order valence-electron chi connectivity index (χ1n) is 6.15. The van der Waals surface area contributed by atoms with Crippen molar-refractivity contribution in [2.75, 3.05) is 13.2 Å². The van der Waals surface area contributed by atoms with Gasteiger partial charge in [-0.25, -0.2) is 0 Å². The Morgan fingerprint density at radius 3 is 2.29 bits per heavy atom. The average Bonchev–Trinajstić information content (AvgIpc) is 2.46. The summed E-state index contributed by atoms with van der Waals surface area (Å²) in [6, 6.07) is 11.0. The fraction of sp³-hybridized carbons (Fsp3) is 0.200. The Labute approximate surface area is 147 Å². The van der Waals surface area contributed by atoms with Gasteiger partial charge >= 0.3 is 0 Å². The lowest BCUT2D eigenvalue weighted by Crippen LogP contribution is -2.10. The number of hydrogen-bond donors (Lipinski definition) is 0. The quantitative estimate of drug-likeness (QED) is 0.433. The highest BCUT2D eigenvalue weighted by Crippen LogP contribution is 2.33. The van der Waals surface area contributed by atoms with Gasteiger partial charge in [0.1, 0.15) is 24.7 Å². The molecule has 2 nitrogen and oxygen atoms in total. The molecule has 0 N–H and O–H groups in total. The summed E-state index contributed by atoms with van der Waals surface area (Å²) in [5, 5.41) is 0.982. The largest absolute Gasteiger partial charge is 0.490 e. The fourth-order valence-corrected chi connectivity index (χ4v) is 2.76.